The molecule has 53 heavy (non-hydrogen) atoms. The van der Waals surface area contributed by atoms with E-state index in [0.717, 1.165) is 33.4 Å². The largest absolute Gasteiger partial charge is 0.341 e. The van der Waals surface area contributed by atoms with Gasteiger partial charge in [-0.1, -0.05) is 182 Å². The third kappa shape index (κ3) is 6.46. The summed E-state index contributed by atoms with van der Waals surface area (Å²) in [5, 5.41) is 0. The summed E-state index contributed by atoms with van der Waals surface area (Å²) in [5.41, 5.74) is 3.90. The molecule has 6 aromatic carbocycles. The van der Waals surface area contributed by atoms with Gasteiger partial charge in [-0.25, -0.2) is 4.67 Å². The fraction of sp³-hybridized carbons (Fsp3) is 0.234. The lowest BCUT2D eigenvalue weighted by Crippen LogP contribution is -2.53. The molecule has 0 aromatic heterocycles. The number of hydrogen-bond acceptors (Lipinski definition) is 5. The zero-order chi connectivity index (χ0) is 36.5. The molecule has 0 unspecified atom stereocenters. The van der Waals surface area contributed by atoms with Crippen molar-refractivity contribution in [2.75, 3.05) is 0 Å². The van der Waals surface area contributed by atoms with Crippen molar-refractivity contribution in [3.05, 3.63) is 215 Å². The third-order valence-electron chi connectivity index (χ3n) is 10.7. The zero-order valence-electron chi connectivity index (χ0n) is 30.7. The number of fused-ring (bicyclic) bond motifs is 1. The summed E-state index contributed by atoms with van der Waals surface area (Å²) < 4.78 is 32.9. The first-order valence-electron chi connectivity index (χ1n) is 18.5. The van der Waals surface area contributed by atoms with Crippen LogP contribution in [0.2, 0.25) is 0 Å². The van der Waals surface area contributed by atoms with Crippen LogP contribution in [0.15, 0.2) is 182 Å². The van der Waals surface area contributed by atoms with E-state index >= 15 is 0 Å². The average molecular weight is 720 g/mol. The summed E-state index contributed by atoms with van der Waals surface area (Å²) in [4.78, 5) is 0. The summed E-state index contributed by atoms with van der Waals surface area (Å²) in [6.07, 6.45) is -1.28. The Labute approximate surface area is 315 Å². The second kappa shape index (κ2) is 14.8. The third-order valence-corrected chi connectivity index (χ3v) is 12.7. The monoisotopic (exact) mass is 719 g/mol. The van der Waals surface area contributed by atoms with Crippen molar-refractivity contribution in [1.82, 2.24) is 4.67 Å². The van der Waals surface area contributed by atoms with E-state index in [1.54, 1.807) is 0 Å². The summed E-state index contributed by atoms with van der Waals surface area (Å²) in [6, 6.07) is 63.1. The number of ether oxygens (including phenoxy) is 2. The normalized spacial score (nSPS) is 21.7. The molecule has 0 bridgehead atoms. The maximum absolute atomic E-state index is 7.99. The molecule has 0 spiro atoms. The minimum atomic E-state index is -1.94. The Hall–Kier alpha value is -4.45. The number of nitrogens with zero attached hydrogens (tertiary/aromatic N) is 1. The van der Waals surface area contributed by atoms with Gasteiger partial charge in [-0.2, -0.15) is 0 Å². The molecule has 8 rings (SSSR count). The van der Waals surface area contributed by atoms with Crippen LogP contribution in [0.3, 0.4) is 0 Å². The minimum absolute atomic E-state index is 0.109. The van der Waals surface area contributed by atoms with Crippen LogP contribution in [-0.2, 0) is 29.7 Å². The zero-order valence-corrected chi connectivity index (χ0v) is 31.6. The molecule has 2 aliphatic rings. The highest BCUT2D eigenvalue weighted by molar-refractivity contribution is 7.44. The molecule has 4 atom stereocenters. The Balaban J connectivity index is 1.47. The van der Waals surface area contributed by atoms with Gasteiger partial charge in [0, 0.05) is 12.1 Å². The van der Waals surface area contributed by atoms with E-state index in [-0.39, 0.29) is 12.1 Å². The number of hydrogen-bond donors (Lipinski definition) is 0. The lowest BCUT2D eigenvalue weighted by molar-refractivity contribution is -0.175. The molecule has 6 aromatic rings. The molecule has 2 saturated heterocycles. The van der Waals surface area contributed by atoms with Gasteiger partial charge < -0.3 is 18.5 Å². The van der Waals surface area contributed by atoms with Crippen LogP contribution in [0, 0.1) is 0 Å². The topological polar surface area (TPSA) is 40.2 Å². The van der Waals surface area contributed by atoms with Crippen LogP contribution in [0.1, 0.15) is 73.2 Å². The molecule has 0 N–H and O–H groups in total. The predicted octanol–water partition coefficient (Wildman–Crippen LogP) is 11.5. The summed E-state index contributed by atoms with van der Waals surface area (Å²) in [7, 11) is -1.94. The Morgan fingerprint density at radius 2 is 0.698 bits per heavy atom. The average Bonchev–Trinajstić information content (AvgIpc) is 3.50. The van der Waals surface area contributed by atoms with Crippen LogP contribution in [0.25, 0.3) is 0 Å². The van der Waals surface area contributed by atoms with Crippen molar-refractivity contribution in [3.8, 4) is 0 Å². The van der Waals surface area contributed by atoms with Crippen LogP contribution >= 0.6 is 8.53 Å². The van der Waals surface area contributed by atoms with Gasteiger partial charge in [-0.05, 0) is 61.1 Å². The first-order chi connectivity index (χ1) is 25.8. The highest BCUT2D eigenvalue weighted by Crippen LogP contribution is 2.68. The predicted molar refractivity (Wildman–Crippen MR) is 212 cm³/mol. The summed E-state index contributed by atoms with van der Waals surface area (Å²) in [5.74, 6) is -0.958. The van der Waals surface area contributed by atoms with E-state index in [1.807, 2.05) is 38.1 Å². The Kier molecular flexibility index (Phi) is 9.91. The summed E-state index contributed by atoms with van der Waals surface area (Å²) in [6.45, 7) is 8.50. The van der Waals surface area contributed by atoms with Crippen LogP contribution in [0.5, 0.6) is 0 Å². The molecule has 2 aliphatic heterocycles. The molecule has 0 amide bonds. The highest BCUT2D eigenvalue weighted by atomic mass is 31.2. The second-order valence-electron chi connectivity index (χ2n) is 14.4. The lowest BCUT2D eigenvalue weighted by Gasteiger charge is -2.45. The maximum atomic E-state index is 7.99. The fourth-order valence-electron chi connectivity index (χ4n) is 8.15. The van der Waals surface area contributed by atoms with E-state index in [0.29, 0.717) is 0 Å². The number of rotatable bonds is 9. The van der Waals surface area contributed by atoms with E-state index in [9.17, 15) is 0 Å². The molecule has 268 valence electrons. The van der Waals surface area contributed by atoms with E-state index in [4.69, 9.17) is 18.5 Å². The first kappa shape index (κ1) is 35.6. The molecule has 2 fully saturated rings. The molecule has 0 radical (unpaired) electrons. The van der Waals surface area contributed by atoms with Crippen molar-refractivity contribution in [2.24, 2.45) is 0 Å². The van der Waals surface area contributed by atoms with Crippen LogP contribution in [-0.4, -0.2) is 22.7 Å². The van der Waals surface area contributed by atoms with Gasteiger partial charge in [0.1, 0.15) is 12.2 Å². The van der Waals surface area contributed by atoms with Gasteiger partial charge in [-0.3, -0.25) is 0 Å². The molecular formula is C47H46NO4P. The van der Waals surface area contributed by atoms with E-state index in [1.165, 1.54) is 0 Å². The Morgan fingerprint density at radius 3 is 0.981 bits per heavy atom. The second-order valence-corrected chi connectivity index (χ2v) is 15.7. The molecule has 0 aliphatic carbocycles. The Morgan fingerprint density at radius 1 is 0.434 bits per heavy atom. The van der Waals surface area contributed by atoms with Gasteiger partial charge in [0.2, 0.25) is 0 Å². The van der Waals surface area contributed by atoms with Crippen molar-refractivity contribution in [1.29, 1.82) is 0 Å². The van der Waals surface area contributed by atoms with E-state index < -0.39 is 37.7 Å². The van der Waals surface area contributed by atoms with Crippen molar-refractivity contribution in [3.63, 3.8) is 0 Å². The molecular weight excluding hydrogens is 673 g/mol. The quantitative estimate of drug-likeness (QED) is 0.139. The maximum Gasteiger partial charge on any atom is 0.262 e. The van der Waals surface area contributed by atoms with E-state index in [2.05, 4.69) is 176 Å². The SMILES string of the molecule is C[C@H](c1ccccc1)N([C@@H](C)c1ccccc1)P1OC(c2ccccc2)(c2ccccc2)[C@H]2OC(C)(C)O[C@@H]2C(c2ccccc2)(c2ccccc2)O1. The van der Waals surface area contributed by atoms with Crippen LogP contribution in [0.4, 0.5) is 0 Å². The van der Waals surface area contributed by atoms with Gasteiger partial charge in [0.25, 0.3) is 8.53 Å². The smallest absolute Gasteiger partial charge is 0.262 e. The highest BCUT2D eigenvalue weighted by Gasteiger charge is 2.67. The molecule has 0 saturated carbocycles. The van der Waals surface area contributed by atoms with Gasteiger partial charge in [-0.15, -0.1) is 0 Å². The number of benzene rings is 6. The van der Waals surface area contributed by atoms with Gasteiger partial charge >= 0.3 is 0 Å². The van der Waals surface area contributed by atoms with Crippen LogP contribution < -0.4 is 0 Å². The minimum Gasteiger partial charge on any atom is -0.341 e. The van der Waals surface area contributed by atoms with Gasteiger partial charge in [0.15, 0.2) is 17.0 Å². The fourth-order valence-corrected chi connectivity index (χ4v) is 10.3. The van der Waals surface area contributed by atoms with Crippen molar-refractivity contribution >= 4 is 8.53 Å². The first-order valence-corrected chi connectivity index (χ1v) is 19.6. The molecule has 6 heteroatoms. The Bertz CT molecular complexity index is 1840. The lowest BCUT2D eigenvalue weighted by atomic mass is 9.72. The van der Waals surface area contributed by atoms with Crippen molar-refractivity contribution < 1.29 is 18.5 Å². The molecule has 2 heterocycles. The van der Waals surface area contributed by atoms with Gasteiger partial charge in [0.05, 0.1) is 0 Å². The van der Waals surface area contributed by atoms with Crippen molar-refractivity contribution in [2.45, 2.75) is 69.0 Å². The summed E-state index contributed by atoms with van der Waals surface area (Å²) >= 11 is 0. The molecule has 5 nitrogen and oxygen atoms in total. The standard InChI is InChI=1S/C47H46NO4P/c1-35(37-23-11-5-12-24-37)48(36(2)38-25-13-6-14-26-38)53-51-46(39-27-15-7-16-28-39,40-29-17-8-18-30-40)43-44(50-45(3,4)49-43)47(52-53,41-31-19-9-20-32-41)42-33-21-10-22-34-42/h5-36,43-44H,1-4H3/t35-,36+,43-,44-/m0/s1.